The van der Waals surface area contributed by atoms with E-state index in [1.165, 1.54) is 17.2 Å². The van der Waals surface area contributed by atoms with E-state index in [9.17, 15) is 14.0 Å². The summed E-state index contributed by atoms with van der Waals surface area (Å²) in [4.78, 5) is 34.9. The zero-order valence-electron chi connectivity index (χ0n) is 18.0. The fourth-order valence-electron chi connectivity index (χ4n) is 3.50. The third-order valence-corrected chi connectivity index (χ3v) is 5.36. The number of carbonyl (C=O) groups is 2. The second-order valence-electron chi connectivity index (χ2n) is 7.75. The highest BCUT2D eigenvalue weighted by molar-refractivity contribution is 5.98. The molecule has 4 aromatic rings. The largest absolute Gasteiger partial charge is 0.383 e. The van der Waals surface area contributed by atoms with Gasteiger partial charge in [-0.1, -0.05) is 18.2 Å². The van der Waals surface area contributed by atoms with E-state index in [0.29, 0.717) is 28.2 Å². The zero-order valence-corrected chi connectivity index (χ0v) is 18.0. The molecule has 0 aliphatic carbocycles. The van der Waals surface area contributed by atoms with Crippen LogP contribution in [0.4, 0.5) is 10.2 Å². The van der Waals surface area contributed by atoms with Crippen molar-refractivity contribution in [1.82, 2.24) is 14.9 Å². The monoisotopic (exact) mass is 443 g/mol. The van der Waals surface area contributed by atoms with Crippen LogP contribution in [0.25, 0.3) is 10.9 Å². The Morgan fingerprint density at radius 2 is 1.76 bits per heavy atom. The Balaban J connectivity index is 1.69. The van der Waals surface area contributed by atoms with Gasteiger partial charge in [0.05, 0.1) is 23.3 Å². The first-order chi connectivity index (χ1) is 15.8. The van der Waals surface area contributed by atoms with Gasteiger partial charge in [-0.3, -0.25) is 14.6 Å². The summed E-state index contributed by atoms with van der Waals surface area (Å²) in [5, 5.41) is 0.780. The Morgan fingerprint density at radius 1 is 1.00 bits per heavy atom. The Bertz CT molecular complexity index is 1360. The number of aromatic nitrogens is 2. The Hall–Kier alpha value is -4.33. The molecule has 0 unspecified atom stereocenters. The molecule has 0 atom stereocenters. The number of hydrogen-bond donors (Lipinski definition) is 2. The van der Waals surface area contributed by atoms with Crippen molar-refractivity contribution in [3.63, 3.8) is 0 Å². The molecule has 2 heterocycles. The molecule has 0 fully saturated rings. The van der Waals surface area contributed by atoms with Crippen molar-refractivity contribution in [1.29, 1.82) is 0 Å². The number of carbonyl (C=O) groups excluding carboxylic acids is 2. The number of primary amides is 1. The standard InChI is InChI=1S/C25H22FN5O2/c1-15-10-19-11-16(7-9-22(19)30-23(15)27)25(33)31(13-18-4-2-3-5-21(18)26)14-20-8-6-17(12-29-20)24(28)32/h2-12H,13-14H2,1H3,(H2,27,30)(H2,28,32). The van der Waals surface area contributed by atoms with Crippen LogP contribution in [-0.2, 0) is 13.1 Å². The Labute approximate surface area is 189 Å². The number of nitrogens with two attached hydrogens (primary N) is 2. The molecule has 2 aromatic carbocycles. The summed E-state index contributed by atoms with van der Waals surface area (Å²) in [5.41, 5.74) is 14.3. The van der Waals surface area contributed by atoms with Crippen molar-refractivity contribution in [2.45, 2.75) is 20.0 Å². The van der Waals surface area contributed by atoms with E-state index in [2.05, 4.69) is 9.97 Å². The van der Waals surface area contributed by atoms with Gasteiger partial charge in [0.1, 0.15) is 11.6 Å². The Kier molecular flexibility index (Phi) is 5.99. The molecule has 0 radical (unpaired) electrons. The number of nitrogens with zero attached hydrogens (tertiary/aromatic N) is 3. The number of aryl methyl sites for hydroxylation is 1. The maximum absolute atomic E-state index is 14.4. The topological polar surface area (TPSA) is 115 Å². The second kappa shape index (κ2) is 9.04. The molecule has 0 spiro atoms. The number of pyridine rings is 2. The van der Waals surface area contributed by atoms with Crippen LogP contribution in [0.3, 0.4) is 0 Å². The van der Waals surface area contributed by atoms with Gasteiger partial charge in [0.25, 0.3) is 5.91 Å². The van der Waals surface area contributed by atoms with Crippen LogP contribution in [0.1, 0.15) is 37.5 Å². The molecule has 166 valence electrons. The van der Waals surface area contributed by atoms with Crippen LogP contribution in [0, 0.1) is 12.7 Å². The van der Waals surface area contributed by atoms with Crippen LogP contribution in [0.5, 0.6) is 0 Å². The SMILES string of the molecule is Cc1cc2cc(C(=O)N(Cc3ccc(C(N)=O)cn3)Cc3ccccc3F)ccc2nc1N. The van der Waals surface area contributed by atoms with Gasteiger partial charge in [-0.2, -0.15) is 0 Å². The summed E-state index contributed by atoms with van der Waals surface area (Å²) in [5.74, 6) is -0.848. The highest BCUT2D eigenvalue weighted by Crippen LogP contribution is 2.22. The van der Waals surface area contributed by atoms with Crippen molar-refractivity contribution in [3.8, 4) is 0 Å². The third kappa shape index (κ3) is 4.79. The summed E-state index contributed by atoms with van der Waals surface area (Å²) in [7, 11) is 0. The van der Waals surface area contributed by atoms with E-state index < -0.39 is 11.7 Å². The maximum atomic E-state index is 14.4. The molecule has 0 saturated heterocycles. The summed E-state index contributed by atoms with van der Waals surface area (Å²) < 4.78 is 14.4. The lowest BCUT2D eigenvalue weighted by Gasteiger charge is -2.23. The van der Waals surface area contributed by atoms with E-state index in [1.54, 1.807) is 48.5 Å². The molecule has 4 rings (SSSR count). The van der Waals surface area contributed by atoms with Crippen LogP contribution in [0.15, 0.2) is 66.9 Å². The van der Waals surface area contributed by atoms with E-state index in [1.807, 2.05) is 13.0 Å². The number of benzene rings is 2. The molecule has 0 saturated carbocycles. The number of nitrogen functional groups attached to an aromatic ring is 1. The van der Waals surface area contributed by atoms with Gasteiger partial charge < -0.3 is 16.4 Å². The quantitative estimate of drug-likeness (QED) is 0.472. The number of halogens is 1. The summed E-state index contributed by atoms with van der Waals surface area (Å²) in [6, 6.07) is 16.5. The molecule has 8 heteroatoms. The minimum Gasteiger partial charge on any atom is -0.383 e. The second-order valence-corrected chi connectivity index (χ2v) is 7.75. The molecule has 0 aliphatic rings. The molecule has 0 bridgehead atoms. The average Bonchev–Trinajstić information content (AvgIpc) is 2.80. The minimum atomic E-state index is -0.589. The molecular weight excluding hydrogens is 421 g/mol. The lowest BCUT2D eigenvalue weighted by atomic mass is 10.1. The highest BCUT2D eigenvalue weighted by atomic mass is 19.1. The highest BCUT2D eigenvalue weighted by Gasteiger charge is 2.20. The predicted octanol–water partition coefficient (Wildman–Crippen LogP) is 3.60. The molecule has 7 nitrogen and oxygen atoms in total. The first-order valence-electron chi connectivity index (χ1n) is 10.3. The van der Waals surface area contributed by atoms with Crippen LogP contribution >= 0.6 is 0 Å². The van der Waals surface area contributed by atoms with Crippen molar-refractivity contribution < 1.29 is 14.0 Å². The molecular formula is C25H22FN5O2. The molecule has 33 heavy (non-hydrogen) atoms. The van der Waals surface area contributed by atoms with E-state index in [-0.39, 0.29) is 24.6 Å². The summed E-state index contributed by atoms with van der Waals surface area (Å²) in [6.07, 6.45) is 1.36. The Morgan fingerprint density at radius 3 is 2.45 bits per heavy atom. The van der Waals surface area contributed by atoms with E-state index in [4.69, 9.17) is 11.5 Å². The van der Waals surface area contributed by atoms with Crippen LogP contribution in [0.2, 0.25) is 0 Å². The molecule has 0 aliphatic heterocycles. The fraction of sp³-hybridized carbons (Fsp3) is 0.120. The van der Waals surface area contributed by atoms with Gasteiger partial charge in [-0.15, -0.1) is 0 Å². The van der Waals surface area contributed by atoms with Crippen molar-refractivity contribution in [2.75, 3.05) is 5.73 Å². The van der Waals surface area contributed by atoms with Crippen molar-refractivity contribution in [3.05, 3.63) is 101 Å². The predicted molar refractivity (Wildman–Crippen MR) is 124 cm³/mol. The average molecular weight is 443 g/mol. The number of hydrogen-bond acceptors (Lipinski definition) is 5. The summed E-state index contributed by atoms with van der Waals surface area (Å²) >= 11 is 0. The van der Waals surface area contributed by atoms with E-state index >= 15 is 0 Å². The fourth-order valence-corrected chi connectivity index (χ4v) is 3.50. The molecule has 4 N–H and O–H groups in total. The molecule has 2 amide bonds. The van der Waals surface area contributed by atoms with Gasteiger partial charge >= 0.3 is 0 Å². The van der Waals surface area contributed by atoms with Crippen molar-refractivity contribution >= 4 is 28.5 Å². The normalized spacial score (nSPS) is 10.8. The van der Waals surface area contributed by atoms with E-state index in [0.717, 1.165) is 10.9 Å². The molecule has 2 aromatic heterocycles. The van der Waals surface area contributed by atoms with Crippen LogP contribution < -0.4 is 11.5 Å². The number of rotatable bonds is 6. The first-order valence-corrected chi connectivity index (χ1v) is 10.3. The summed E-state index contributed by atoms with van der Waals surface area (Å²) in [6.45, 7) is 2.01. The number of fused-ring (bicyclic) bond motifs is 1. The zero-order chi connectivity index (χ0) is 23.5. The number of amides is 2. The van der Waals surface area contributed by atoms with Gasteiger partial charge in [0.15, 0.2) is 0 Å². The lowest BCUT2D eigenvalue weighted by molar-refractivity contribution is 0.0726. The number of anilines is 1. The van der Waals surface area contributed by atoms with Gasteiger partial charge in [-0.05, 0) is 55.0 Å². The third-order valence-electron chi connectivity index (χ3n) is 5.36. The van der Waals surface area contributed by atoms with Crippen molar-refractivity contribution in [2.24, 2.45) is 5.73 Å². The maximum Gasteiger partial charge on any atom is 0.254 e. The van der Waals surface area contributed by atoms with Gasteiger partial charge in [-0.25, -0.2) is 9.37 Å². The minimum absolute atomic E-state index is 0.0435. The van der Waals surface area contributed by atoms with Gasteiger partial charge in [0, 0.05) is 29.3 Å². The van der Waals surface area contributed by atoms with Crippen LogP contribution in [-0.4, -0.2) is 26.7 Å². The van der Waals surface area contributed by atoms with Gasteiger partial charge in [0.2, 0.25) is 5.91 Å². The smallest absolute Gasteiger partial charge is 0.254 e. The first kappa shape index (κ1) is 21.9. The lowest BCUT2D eigenvalue weighted by Crippen LogP contribution is -2.31.